The molecule has 0 aliphatic carbocycles. The molecule has 11 nitrogen and oxygen atoms in total. The van der Waals surface area contributed by atoms with Crippen LogP contribution in [0.5, 0.6) is 11.5 Å². The molecule has 2 N–H and O–H groups in total. The molecule has 51 heavy (non-hydrogen) atoms. The average Bonchev–Trinajstić information content (AvgIpc) is 4.13. The number of benzene rings is 2. The lowest BCUT2D eigenvalue weighted by molar-refractivity contribution is 0.410. The highest BCUT2D eigenvalue weighted by atomic mass is 32.2. The molecule has 0 aliphatic rings. The normalized spacial score (nSPS) is 21.3. The number of pyridine rings is 2. The molecule has 0 aliphatic heterocycles. The first kappa shape index (κ1) is 14.2. The van der Waals surface area contributed by atoms with Gasteiger partial charge < -0.3 is 28.6 Å². The second-order valence-electron chi connectivity index (χ2n) is 9.69. The molecule has 6 heterocycles. The maximum Gasteiger partial charge on any atom is 0.197 e. The largest absolute Gasteiger partial charge is 0.496 e. The summed E-state index contributed by atoms with van der Waals surface area (Å²) in [6.45, 7) is -6.45. The van der Waals surface area contributed by atoms with E-state index in [4.69, 9.17) is 43.1 Å². The van der Waals surface area contributed by atoms with Gasteiger partial charge in [-0.15, -0.1) is 0 Å². The highest BCUT2D eigenvalue weighted by molar-refractivity contribution is 7.98. The SMILES string of the molecule is [2H]c1nc(C([2H])([2H])S(=O)c2nc3ccc(-n4c([2H])c([2H])c([2H])c4[2H])cc3[nH]2)c(C([2H])([2H])[2H])c(OC([2H])([2H])[2H])c1[2H].[2H]c1nc(C([2H])([2H])Sc2nc3ccc(-n4c([2H])c([2H])c([2H])c4[2H])cc3[nH]2)c(C([2H])([2H])[2H])c(OC([2H])([2H])[2H])c1[2H]. The van der Waals surface area contributed by atoms with Gasteiger partial charge in [-0.1, -0.05) is 11.8 Å². The predicted molar refractivity (Wildman–Crippen MR) is 202 cm³/mol. The summed E-state index contributed by atoms with van der Waals surface area (Å²) < 4.78 is 245. The van der Waals surface area contributed by atoms with Crippen LogP contribution in [0.25, 0.3) is 33.4 Å². The Morgan fingerprint density at radius 1 is 0.804 bits per heavy atom. The minimum Gasteiger partial charge on any atom is -0.496 e. The van der Waals surface area contributed by atoms with Gasteiger partial charge in [0.05, 0.1) is 88.7 Å². The van der Waals surface area contributed by atoms with Crippen molar-refractivity contribution < 1.29 is 52.1 Å². The third kappa shape index (κ3) is 7.44. The van der Waals surface area contributed by atoms with Gasteiger partial charge in [0.2, 0.25) is 0 Å². The summed E-state index contributed by atoms with van der Waals surface area (Å²) in [7, 11) is -9.30. The van der Waals surface area contributed by atoms with Crippen LogP contribution in [-0.4, -0.2) is 57.3 Å². The van der Waals surface area contributed by atoms with Gasteiger partial charge in [0.25, 0.3) is 0 Å². The van der Waals surface area contributed by atoms with E-state index < -0.39 is 150 Å². The molecule has 0 spiro atoms. The van der Waals surface area contributed by atoms with Crippen molar-refractivity contribution in [1.29, 1.82) is 0 Å². The quantitative estimate of drug-likeness (QED) is 0.136. The van der Waals surface area contributed by atoms with Crippen molar-refractivity contribution in [2.45, 2.75) is 35.4 Å². The van der Waals surface area contributed by atoms with Crippen molar-refractivity contribution in [3.8, 4) is 22.9 Å². The number of fused-ring (bicyclic) bond motifs is 2. The van der Waals surface area contributed by atoms with Crippen molar-refractivity contribution in [3.63, 3.8) is 0 Å². The van der Waals surface area contributed by atoms with Gasteiger partial charge in [0.15, 0.2) is 10.3 Å². The second-order valence-corrected chi connectivity index (χ2v) is 11.6. The van der Waals surface area contributed by atoms with E-state index >= 15 is 0 Å². The minimum atomic E-state index is -3.29. The fraction of sp³-hybridized carbons (Fsp3) is 0.158. The topological polar surface area (TPSA) is 129 Å². The van der Waals surface area contributed by atoms with E-state index in [9.17, 15) is 4.21 Å². The van der Waals surface area contributed by atoms with Crippen molar-refractivity contribution in [2.75, 3.05) is 14.1 Å². The van der Waals surface area contributed by atoms with E-state index in [0.29, 0.717) is 22.8 Å². The number of thioether (sulfide) groups is 1. The number of rotatable bonds is 10. The van der Waals surface area contributed by atoms with E-state index in [1.807, 2.05) is 0 Å². The molecule has 8 aromatic rings. The van der Waals surface area contributed by atoms with Gasteiger partial charge in [-0.2, -0.15) is 0 Å². The predicted octanol–water partition coefficient (Wildman–Crippen LogP) is 7.73. The number of aromatic nitrogens is 8. The molecule has 0 saturated heterocycles. The Morgan fingerprint density at radius 2 is 1.37 bits per heavy atom. The first-order chi connectivity index (χ1) is 36.1. The summed E-state index contributed by atoms with van der Waals surface area (Å²) in [5, 5.41) is -0.556. The Balaban J connectivity index is 0.000000229. The number of hydrogen-bond donors (Lipinski definition) is 2. The standard InChI is InChI=1S/C19H18N4O2S.C19H18N4OS/c1-13-17(20-8-7-18(13)25-2)12-26(24)19-21-15-6-5-14(11-16(15)22-19)23-9-3-4-10-23;1-13-17(20-8-7-18(13)24-2)12-25-19-21-15-6-5-14(11-16(15)22-19)23-9-3-4-10-23/h3-11H,12H2,1-2H3,(H,21,22);3-11H,12H2,1-2H3,(H,21,22)/i2*1D3,2D3,3D,4D,7D,8D,9D,10D,12D2. The fourth-order valence-corrected chi connectivity index (χ4v) is 5.72. The van der Waals surface area contributed by atoms with Gasteiger partial charge >= 0.3 is 0 Å². The van der Waals surface area contributed by atoms with Crippen molar-refractivity contribution in [1.82, 2.24) is 39.0 Å². The van der Waals surface area contributed by atoms with Crippen molar-refractivity contribution in [2.24, 2.45) is 0 Å². The number of aromatic amines is 2. The Bertz CT molecular complexity index is 3700. The summed E-state index contributed by atoms with van der Waals surface area (Å²) in [5.74, 6) is -2.10. The Kier molecular flexibility index (Phi) is 4.18. The highest BCUT2D eigenvalue weighted by Crippen LogP contribution is 2.28. The van der Waals surface area contributed by atoms with Crippen molar-refractivity contribution >= 4 is 44.6 Å². The number of nitrogens with one attached hydrogen (secondary N) is 2. The molecule has 0 bridgehead atoms. The summed E-state index contributed by atoms with van der Waals surface area (Å²) >= 11 is 0.383. The van der Waals surface area contributed by atoms with Crippen LogP contribution in [0, 0.1) is 13.7 Å². The van der Waals surface area contributed by atoms with Crippen LogP contribution in [0.2, 0.25) is 0 Å². The molecular weight excluding hydrogens is 681 g/mol. The van der Waals surface area contributed by atoms with Crippen molar-refractivity contribution in [3.05, 3.63) is 132 Å². The maximum atomic E-state index is 13.5. The van der Waals surface area contributed by atoms with Gasteiger partial charge in [-0.3, -0.25) is 14.2 Å². The van der Waals surface area contributed by atoms with Gasteiger partial charge in [0, 0.05) is 79.0 Å². The number of hydrogen-bond acceptors (Lipinski definition) is 8. The smallest absolute Gasteiger partial charge is 0.197 e. The first-order valence-electron chi connectivity index (χ1n) is 27.9. The molecular formula is C38H36N8O3S2. The third-order valence-electron chi connectivity index (χ3n) is 6.62. The summed E-state index contributed by atoms with van der Waals surface area (Å²) in [5.41, 5.74) is -8.48. The molecule has 6 aromatic heterocycles. The summed E-state index contributed by atoms with van der Waals surface area (Å²) in [6, 6.07) is 4.93. The Labute approximate surface area is 340 Å². The van der Waals surface area contributed by atoms with Crippen LogP contribution >= 0.6 is 11.8 Å². The molecule has 0 saturated carbocycles. The van der Waals surface area contributed by atoms with Crippen LogP contribution in [0.15, 0.2) is 120 Å². The van der Waals surface area contributed by atoms with E-state index in [1.54, 1.807) is 0 Å². The lowest BCUT2D eigenvalue weighted by Crippen LogP contribution is -2.03. The summed E-state index contributed by atoms with van der Waals surface area (Å²) in [6.07, 6.45) is -3.46. The third-order valence-corrected chi connectivity index (χ3v) is 8.22. The first-order valence-corrected chi connectivity index (χ1v) is 15.9. The van der Waals surface area contributed by atoms with Crippen LogP contribution in [-0.2, 0) is 22.2 Å². The lowest BCUT2D eigenvalue weighted by atomic mass is 10.2. The molecule has 8 rings (SSSR count). The number of ether oxygens (including phenoxy) is 2. The van der Waals surface area contributed by atoms with Crippen LogP contribution in [0.1, 0.15) is 60.9 Å². The van der Waals surface area contributed by atoms with Gasteiger partial charge in [-0.25, -0.2) is 9.97 Å². The second kappa shape index (κ2) is 15.1. The number of nitrogens with zero attached hydrogens (tertiary/aromatic N) is 6. The lowest BCUT2D eigenvalue weighted by Gasteiger charge is -2.08. The maximum absolute atomic E-state index is 13.5. The molecule has 258 valence electrons. The Morgan fingerprint density at radius 3 is 1.98 bits per heavy atom. The van der Waals surface area contributed by atoms with E-state index in [1.165, 1.54) is 36.4 Å². The minimum absolute atomic E-state index is 0.0581. The van der Waals surface area contributed by atoms with E-state index in [-0.39, 0.29) is 39.9 Å². The zero-order valence-corrected chi connectivity index (χ0v) is 26.8. The fourth-order valence-electron chi connectivity index (χ4n) is 4.27. The van der Waals surface area contributed by atoms with Crippen LogP contribution in [0.3, 0.4) is 0 Å². The van der Waals surface area contributed by atoms with Crippen LogP contribution < -0.4 is 9.47 Å². The van der Waals surface area contributed by atoms with Gasteiger partial charge in [-0.05, 0) is 86.4 Å². The number of H-pyrrole nitrogens is 2. The number of methoxy groups -OCH3 is 2. The van der Waals surface area contributed by atoms with E-state index in [2.05, 4.69) is 34.6 Å². The molecule has 0 radical (unpaired) electrons. The monoisotopic (exact) mass is 744 g/mol. The van der Waals surface area contributed by atoms with Gasteiger partial charge in [0.1, 0.15) is 11.5 Å². The summed E-state index contributed by atoms with van der Waals surface area (Å²) in [4.78, 5) is 21.0. The van der Waals surface area contributed by atoms with Crippen LogP contribution in [0.4, 0.5) is 0 Å². The molecule has 0 amide bonds. The van der Waals surface area contributed by atoms with E-state index in [0.717, 1.165) is 9.13 Å². The molecule has 0 fully saturated rings. The highest BCUT2D eigenvalue weighted by Gasteiger charge is 2.15. The Hall–Kier alpha value is -5.66. The molecule has 1 unspecified atom stereocenters. The molecule has 2 aromatic carbocycles. The zero-order chi connectivity index (χ0) is 59.3. The molecule has 1 atom stereocenters. The zero-order valence-electron chi connectivity index (χ0n) is 53.2. The average molecular weight is 745 g/mol. The number of imidazole rings is 2. The molecule has 13 heteroatoms.